The SMILES string of the molecule is Cc1ccc(C(=O)NCCN2CCOCC2)o1. The summed E-state index contributed by atoms with van der Waals surface area (Å²) >= 11 is 0. The topological polar surface area (TPSA) is 54.7 Å². The van der Waals surface area contributed by atoms with Gasteiger partial charge in [-0.2, -0.15) is 0 Å². The summed E-state index contributed by atoms with van der Waals surface area (Å²) in [4.78, 5) is 13.9. The minimum Gasteiger partial charge on any atom is -0.456 e. The van der Waals surface area contributed by atoms with Gasteiger partial charge < -0.3 is 14.5 Å². The van der Waals surface area contributed by atoms with Crippen molar-refractivity contribution in [1.29, 1.82) is 0 Å². The summed E-state index contributed by atoms with van der Waals surface area (Å²) in [6.07, 6.45) is 0. The van der Waals surface area contributed by atoms with E-state index in [0.717, 1.165) is 38.6 Å². The number of nitrogens with zero attached hydrogens (tertiary/aromatic N) is 1. The van der Waals surface area contributed by atoms with Crippen molar-refractivity contribution in [3.8, 4) is 0 Å². The average Bonchev–Trinajstić information content (AvgIpc) is 2.77. The van der Waals surface area contributed by atoms with Gasteiger partial charge in [0, 0.05) is 26.2 Å². The van der Waals surface area contributed by atoms with Crippen molar-refractivity contribution in [3.05, 3.63) is 23.7 Å². The Labute approximate surface area is 101 Å². The van der Waals surface area contributed by atoms with Crippen molar-refractivity contribution in [2.45, 2.75) is 6.92 Å². The predicted octanol–water partition coefficient (Wildman–Crippen LogP) is 0.650. The number of aryl methyl sites for hydroxylation is 1. The molecule has 1 aliphatic rings. The summed E-state index contributed by atoms with van der Waals surface area (Å²) in [5.74, 6) is 0.985. The number of rotatable bonds is 4. The van der Waals surface area contributed by atoms with Crippen molar-refractivity contribution in [2.75, 3.05) is 39.4 Å². The Hall–Kier alpha value is -1.33. The van der Waals surface area contributed by atoms with E-state index >= 15 is 0 Å². The first-order valence-electron chi connectivity index (χ1n) is 5.90. The minimum absolute atomic E-state index is 0.147. The molecule has 5 heteroatoms. The van der Waals surface area contributed by atoms with Gasteiger partial charge in [0.2, 0.25) is 0 Å². The van der Waals surface area contributed by atoms with Crippen molar-refractivity contribution in [3.63, 3.8) is 0 Å². The van der Waals surface area contributed by atoms with E-state index in [9.17, 15) is 4.79 Å². The van der Waals surface area contributed by atoms with E-state index in [1.165, 1.54) is 0 Å². The molecule has 5 nitrogen and oxygen atoms in total. The summed E-state index contributed by atoms with van der Waals surface area (Å²) in [6.45, 7) is 6.76. The molecule has 1 saturated heterocycles. The highest BCUT2D eigenvalue weighted by Gasteiger charge is 2.12. The summed E-state index contributed by atoms with van der Waals surface area (Å²) in [5, 5.41) is 2.84. The number of morpholine rings is 1. The van der Waals surface area contributed by atoms with Crippen LogP contribution in [-0.2, 0) is 4.74 Å². The van der Waals surface area contributed by atoms with Gasteiger partial charge in [-0.1, -0.05) is 0 Å². The minimum atomic E-state index is -0.147. The van der Waals surface area contributed by atoms with E-state index < -0.39 is 0 Å². The van der Waals surface area contributed by atoms with Crippen LogP contribution < -0.4 is 5.32 Å². The monoisotopic (exact) mass is 238 g/mol. The van der Waals surface area contributed by atoms with E-state index in [2.05, 4.69) is 10.2 Å². The third-order valence-electron chi connectivity index (χ3n) is 2.78. The van der Waals surface area contributed by atoms with Crippen molar-refractivity contribution >= 4 is 5.91 Å². The second kappa shape index (κ2) is 5.84. The van der Waals surface area contributed by atoms with Gasteiger partial charge in [-0.15, -0.1) is 0 Å². The molecule has 94 valence electrons. The van der Waals surface area contributed by atoms with Crippen LogP contribution in [-0.4, -0.2) is 50.2 Å². The first-order chi connectivity index (χ1) is 8.25. The molecular weight excluding hydrogens is 220 g/mol. The van der Waals surface area contributed by atoms with Gasteiger partial charge in [-0.3, -0.25) is 9.69 Å². The smallest absolute Gasteiger partial charge is 0.287 e. The lowest BCUT2D eigenvalue weighted by atomic mass is 10.4. The van der Waals surface area contributed by atoms with Gasteiger partial charge in [0.15, 0.2) is 5.76 Å². The van der Waals surface area contributed by atoms with Gasteiger partial charge in [-0.05, 0) is 19.1 Å². The second-order valence-corrected chi connectivity index (χ2v) is 4.12. The number of hydrogen-bond acceptors (Lipinski definition) is 4. The molecule has 2 heterocycles. The highest BCUT2D eigenvalue weighted by Crippen LogP contribution is 2.05. The Kier molecular flexibility index (Phi) is 4.17. The Balaban J connectivity index is 1.69. The number of carbonyl (C=O) groups excluding carboxylic acids is 1. The number of ether oxygens (including phenoxy) is 1. The highest BCUT2D eigenvalue weighted by atomic mass is 16.5. The van der Waals surface area contributed by atoms with Crippen LogP contribution in [0, 0.1) is 6.92 Å². The van der Waals surface area contributed by atoms with Crippen LogP contribution in [0.1, 0.15) is 16.3 Å². The molecule has 1 amide bonds. The quantitative estimate of drug-likeness (QED) is 0.836. The molecule has 1 N–H and O–H groups in total. The zero-order valence-corrected chi connectivity index (χ0v) is 10.1. The van der Waals surface area contributed by atoms with E-state index in [-0.39, 0.29) is 5.91 Å². The van der Waals surface area contributed by atoms with Crippen LogP contribution in [0.5, 0.6) is 0 Å². The van der Waals surface area contributed by atoms with Crippen LogP contribution in [0.15, 0.2) is 16.5 Å². The molecular formula is C12H18N2O3. The lowest BCUT2D eigenvalue weighted by molar-refractivity contribution is 0.0382. The summed E-state index contributed by atoms with van der Waals surface area (Å²) < 4.78 is 10.5. The van der Waals surface area contributed by atoms with Gasteiger partial charge in [0.1, 0.15) is 5.76 Å². The normalized spacial score (nSPS) is 17.0. The van der Waals surface area contributed by atoms with E-state index in [0.29, 0.717) is 12.3 Å². The molecule has 17 heavy (non-hydrogen) atoms. The van der Waals surface area contributed by atoms with Crippen LogP contribution in [0.2, 0.25) is 0 Å². The maximum Gasteiger partial charge on any atom is 0.287 e. The Morgan fingerprint density at radius 3 is 2.82 bits per heavy atom. The van der Waals surface area contributed by atoms with Crippen LogP contribution in [0.3, 0.4) is 0 Å². The molecule has 1 aliphatic heterocycles. The summed E-state index contributed by atoms with van der Waals surface area (Å²) in [7, 11) is 0. The van der Waals surface area contributed by atoms with E-state index in [4.69, 9.17) is 9.15 Å². The predicted molar refractivity (Wildman–Crippen MR) is 63.0 cm³/mol. The van der Waals surface area contributed by atoms with Gasteiger partial charge in [0.05, 0.1) is 13.2 Å². The standard InChI is InChI=1S/C12H18N2O3/c1-10-2-3-11(17-10)12(15)13-4-5-14-6-8-16-9-7-14/h2-3H,4-9H2,1H3,(H,13,15). The van der Waals surface area contributed by atoms with Crippen LogP contribution >= 0.6 is 0 Å². The third-order valence-corrected chi connectivity index (χ3v) is 2.78. The fraction of sp³-hybridized carbons (Fsp3) is 0.583. The molecule has 1 fully saturated rings. The zero-order valence-electron chi connectivity index (χ0n) is 10.1. The van der Waals surface area contributed by atoms with Crippen LogP contribution in [0.4, 0.5) is 0 Å². The molecule has 2 rings (SSSR count). The van der Waals surface area contributed by atoms with Gasteiger partial charge >= 0.3 is 0 Å². The molecule has 0 radical (unpaired) electrons. The summed E-state index contributed by atoms with van der Waals surface area (Å²) in [5.41, 5.74) is 0. The molecule has 0 spiro atoms. The maximum absolute atomic E-state index is 11.7. The number of hydrogen-bond donors (Lipinski definition) is 1. The number of furan rings is 1. The zero-order chi connectivity index (χ0) is 12.1. The van der Waals surface area contributed by atoms with Crippen molar-refractivity contribution in [1.82, 2.24) is 10.2 Å². The second-order valence-electron chi connectivity index (χ2n) is 4.12. The number of carbonyl (C=O) groups is 1. The van der Waals surface area contributed by atoms with Crippen molar-refractivity contribution in [2.24, 2.45) is 0 Å². The van der Waals surface area contributed by atoms with Gasteiger partial charge in [-0.25, -0.2) is 0 Å². The molecule has 0 aromatic carbocycles. The van der Waals surface area contributed by atoms with E-state index in [1.54, 1.807) is 12.1 Å². The number of amides is 1. The molecule has 0 unspecified atom stereocenters. The lowest BCUT2D eigenvalue weighted by Gasteiger charge is -2.26. The first kappa shape index (κ1) is 12.1. The van der Waals surface area contributed by atoms with Gasteiger partial charge in [0.25, 0.3) is 5.91 Å². The van der Waals surface area contributed by atoms with Crippen molar-refractivity contribution < 1.29 is 13.9 Å². The third kappa shape index (κ3) is 3.57. The molecule has 0 bridgehead atoms. The molecule has 1 aromatic rings. The fourth-order valence-corrected chi connectivity index (χ4v) is 1.80. The van der Waals surface area contributed by atoms with E-state index in [1.807, 2.05) is 6.92 Å². The molecule has 0 atom stereocenters. The van der Waals surface area contributed by atoms with Crippen LogP contribution in [0.25, 0.3) is 0 Å². The first-order valence-corrected chi connectivity index (χ1v) is 5.90. The average molecular weight is 238 g/mol. The fourth-order valence-electron chi connectivity index (χ4n) is 1.80. The molecule has 0 saturated carbocycles. The largest absolute Gasteiger partial charge is 0.456 e. The Bertz CT molecular complexity index is 370. The Morgan fingerprint density at radius 1 is 1.41 bits per heavy atom. The maximum atomic E-state index is 11.7. The lowest BCUT2D eigenvalue weighted by Crippen LogP contribution is -2.41. The summed E-state index contributed by atoms with van der Waals surface area (Å²) in [6, 6.07) is 3.48. The molecule has 0 aliphatic carbocycles. The number of nitrogens with one attached hydrogen (secondary N) is 1. The molecule has 1 aromatic heterocycles. The highest BCUT2D eigenvalue weighted by molar-refractivity contribution is 5.91. The Morgan fingerprint density at radius 2 is 2.18 bits per heavy atom.